The summed E-state index contributed by atoms with van der Waals surface area (Å²) in [4.78, 5) is 0. The highest BCUT2D eigenvalue weighted by molar-refractivity contribution is 5.47. The van der Waals surface area contributed by atoms with Crippen LogP contribution in [0.15, 0.2) is 36.4 Å². The van der Waals surface area contributed by atoms with Gasteiger partial charge in [0.2, 0.25) is 0 Å². The van der Waals surface area contributed by atoms with Gasteiger partial charge >= 0.3 is 6.18 Å². The molecule has 2 aromatic carbocycles. The molecule has 0 aliphatic heterocycles. The van der Waals surface area contributed by atoms with Gasteiger partial charge in [-0.15, -0.1) is 0 Å². The zero-order valence-corrected chi connectivity index (χ0v) is 12.6. The minimum atomic E-state index is -4.82. The van der Waals surface area contributed by atoms with Gasteiger partial charge in [0.05, 0.1) is 5.56 Å². The van der Waals surface area contributed by atoms with Crippen molar-refractivity contribution in [1.29, 1.82) is 0 Å². The van der Waals surface area contributed by atoms with Crippen molar-refractivity contribution >= 4 is 0 Å². The minimum absolute atomic E-state index is 0.0159. The number of aryl methyl sites for hydroxylation is 1. The SMILES string of the molecule is CCc1ccc(C#Cc2cc(F)c(C#CC(F)(F)F)c(F)c2)cc1. The first-order valence-corrected chi connectivity index (χ1v) is 6.98. The lowest BCUT2D eigenvalue weighted by Gasteiger charge is -2.00. The second-order valence-corrected chi connectivity index (χ2v) is 4.86. The zero-order valence-electron chi connectivity index (χ0n) is 12.6. The minimum Gasteiger partial charge on any atom is -0.205 e. The van der Waals surface area contributed by atoms with Crippen LogP contribution >= 0.6 is 0 Å². The number of hydrogen-bond donors (Lipinski definition) is 0. The molecule has 0 saturated heterocycles. The predicted octanol–water partition coefficient (Wildman–Crippen LogP) is 4.84. The largest absolute Gasteiger partial charge is 0.458 e. The van der Waals surface area contributed by atoms with Crippen molar-refractivity contribution in [3.8, 4) is 23.7 Å². The van der Waals surface area contributed by atoms with Gasteiger partial charge in [-0.1, -0.05) is 36.8 Å². The van der Waals surface area contributed by atoms with E-state index in [0.717, 1.165) is 30.0 Å². The third kappa shape index (κ3) is 4.86. The number of rotatable bonds is 1. The number of benzene rings is 2. The maximum absolute atomic E-state index is 13.7. The first-order chi connectivity index (χ1) is 11.3. The van der Waals surface area contributed by atoms with E-state index in [1.165, 1.54) is 5.92 Å². The third-order valence-electron chi connectivity index (χ3n) is 3.08. The Kier molecular flexibility index (Phi) is 5.26. The molecule has 2 rings (SSSR count). The van der Waals surface area contributed by atoms with Crippen molar-refractivity contribution in [2.45, 2.75) is 19.5 Å². The molecule has 122 valence electrons. The monoisotopic (exact) mass is 334 g/mol. The Hall–Kier alpha value is -2.79. The predicted molar refractivity (Wildman–Crippen MR) is 81.1 cm³/mol. The highest BCUT2D eigenvalue weighted by Crippen LogP contribution is 2.17. The topological polar surface area (TPSA) is 0 Å². The van der Waals surface area contributed by atoms with Crippen LogP contribution in [0.3, 0.4) is 0 Å². The summed E-state index contributed by atoms with van der Waals surface area (Å²) in [5.41, 5.74) is 0.881. The molecule has 0 amide bonds. The molecule has 0 bridgehead atoms. The first kappa shape index (κ1) is 17.6. The van der Waals surface area contributed by atoms with Gasteiger partial charge in [-0.3, -0.25) is 0 Å². The fraction of sp³-hybridized carbons (Fsp3) is 0.158. The molecular weight excluding hydrogens is 323 g/mol. The molecule has 0 N–H and O–H groups in total. The van der Waals surface area contributed by atoms with Crippen LogP contribution in [0, 0.1) is 35.3 Å². The summed E-state index contributed by atoms with van der Waals surface area (Å²) in [7, 11) is 0. The summed E-state index contributed by atoms with van der Waals surface area (Å²) >= 11 is 0. The summed E-state index contributed by atoms with van der Waals surface area (Å²) in [5, 5.41) is 0. The third-order valence-corrected chi connectivity index (χ3v) is 3.08. The van der Waals surface area contributed by atoms with Crippen molar-refractivity contribution < 1.29 is 22.0 Å². The van der Waals surface area contributed by atoms with Gasteiger partial charge in [0.1, 0.15) is 11.6 Å². The van der Waals surface area contributed by atoms with Crippen molar-refractivity contribution in [3.63, 3.8) is 0 Å². The van der Waals surface area contributed by atoms with Crippen LogP contribution in [0.25, 0.3) is 0 Å². The molecule has 24 heavy (non-hydrogen) atoms. The van der Waals surface area contributed by atoms with Crippen molar-refractivity contribution in [2.24, 2.45) is 0 Å². The van der Waals surface area contributed by atoms with E-state index in [1.807, 2.05) is 19.1 Å². The number of halogens is 5. The average Bonchev–Trinajstić information content (AvgIpc) is 2.51. The molecule has 0 fully saturated rings. The van der Waals surface area contributed by atoms with E-state index in [4.69, 9.17) is 0 Å². The molecule has 0 nitrogen and oxygen atoms in total. The van der Waals surface area contributed by atoms with Crippen LogP contribution in [0.2, 0.25) is 0 Å². The molecule has 0 saturated carbocycles. The Morgan fingerprint density at radius 1 is 0.833 bits per heavy atom. The van der Waals surface area contributed by atoms with E-state index >= 15 is 0 Å². The van der Waals surface area contributed by atoms with Crippen molar-refractivity contribution in [2.75, 3.05) is 0 Å². The molecule has 5 heteroatoms. The molecule has 0 aliphatic carbocycles. The highest BCUT2D eigenvalue weighted by Gasteiger charge is 2.23. The first-order valence-electron chi connectivity index (χ1n) is 6.98. The molecule has 0 heterocycles. The van der Waals surface area contributed by atoms with Gasteiger partial charge in [-0.05, 0) is 36.2 Å². The van der Waals surface area contributed by atoms with Crippen LogP contribution in [0.1, 0.15) is 29.2 Å². The molecule has 0 radical (unpaired) electrons. The summed E-state index contributed by atoms with van der Waals surface area (Å²) in [5.74, 6) is 5.26. The molecule has 0 atom stereocenters. The molecule has 0 aliphatic rings. The second-order valence-electron chi connectivity index (χ2n) is 4.86. The maximum atomic E-state index is 13.7. The molecule has 2 aromatic rings. The average molecular weight is 334 g/mol. The maximum Gasteiger partial charge on any atom is 0.458 e. The lowest BCUT2D eigenvalue weighted by Crippen LogP contribution is -2.02. The van der Waals surface area contributed by atoms with E-state index in [2.05, 4.69) is 11.8 Å². The van der Waals surface area contributed by atoms with Crippen molar-refractivity contribution in [1.82, 2.24) is 0 Å². The highest BCUT2D eigenvalue weighted by atomic mass is 19.4. The fourth-order valence-electron chi connectivity index (χ4n) is 1.87. The van der Waals surface area contributed by atoms with E-state index in [9.17, 15) is 22.0 Å². The molecular formula is C19H11F5. The van der Waals surface area contributed by atoms with E-state index in [0.29, 0.717) is 5.56 Å². The Labute approximate surface area is 136 Å². The summed E-state index contributed by atoms with van der Waals surface area (Å²) < 4.78 is 63.5. The van der Waals surface area contributed by atoms with Gasteiger partial charge in [-0.2, -0.15) is 13.2 Å². The second kappa shape index (κ2) is 7.19. The van der Waals surface area contributed by atoms with E-state index in [1.54, 1.807) is 12.1 Å². The zero-order chi connectivity index (χ0) is 17.7. The van der Waals surface area contributed by atoms with Crippen LogP contribution in [0.4, 0.5) is 22.0 Å². The normalized spacial score (nSPS) is 10.4. The van der Waals surface area contributed by atoms with Gasteiger partial charge in [-0.25, -0.2) is 8.78 Å². The summed E-state index contributed by atoms with van der Waals surface area (Å²) in [6.45, 7) is 2.01. The van der Waals surface area contributed by atoms with Gasteiger partial charge < -0.3 is 0 Å². The molecule has 0 aromatic heterocycles. The van der Waals surface area contributed by atoms with E-state index < -0.39 is 23.4 Å². The smallest absolute Gasteiger partial charge is 0.205 e. The quantitative estimate of drug-likeness (QED) is 0.517. The number of hydrogen-bond acceptors (Lipinski definition) is 0. The van der Waals surface area contributed by atoms with Gasteiger partial charge in [0.25, 0.3) is 0 Å². The summed E-state index contributed by atoms with van der Waals surface area (Å²) in [6.07, 6.45) is -3.94. The van der Waals surface area contributed by atoms with Gasteiger partial charge in [0, 0.05) is 17.0 Å². The van der Waals surface area contributed by atoms with Crippen LogP contribution in [-0.2, 0) is 6.42 Å². The summed E-state index contributed by atoms with van der Waals surface area (Å²) in [6, 6.07) is 9.05. The van der Waals surface area contributed by atoms with Crippen LogP contribution in [-0.4, -0.2) is 6.18 Å². The Morgan fingerprint density at radius 2 is 1.38 bits per heavy atom. The lowest BCUT2D eigenvalue weighted by molar-refractivity contribution is -0.0696. The lowest BCUT2D eigenvalue weighted by atomic mass is 10.1. The Balaban J connectivity index is 2.30. The van der Waals surface area contributed by atoms with Crippen molar-refractivity contribution in [3.05, 3.63) is 70.3 Å². The van der Waals surface area contributed by atoms with Gasteiger partial charge in [0.15, 0.2) is 0 Å². The van der Waals surface area contributed by atoms with Crippen LogP contribution < -0.4 is 0 Å². The molecule has 0 unspecified atom stereocenters. The standard InChI is InChI=1S/C19H11F5/c1-2-13-3-5-14(6-4-13)7-8-15-11-17(20)16(18(21)12-15)9-10-19(22,23)24/h3-6,11-12H,2H2,1H3. The Bertz CT molecular complexity index is 830. The van der Waals surface area contributed by atoms with Crippen LogP contribution in [0.5, 0.6) is 0 Å². The van der Waals surface area contributed by atoms with E-state index in [-0.39, 0.29) is 5.56 Å². The fourth-order valence-corrected chi connectivity index (χ4v) is 1.87. The Morgan fingerprint density at radius 3 is 1.88 bits per heavy atom. The molecule has 0 spiro atoms. The number of alkyl halides is 3.